The van der Waals surface area contributed by atoms with E-state index in [2.05, 4.69) is 203 Å². The lowest BCUT2D eigenvalue weighted by molar-refractivity contribution is 0.769. The van der Waals surface area contributed by atoms with Crippen molar-refractivity contribution in [1.82, 2.24) is 9.13 Å². The first-order valence-electron chi connectivity index (χ1n) is 20.6. The fraction of sp³-hybridized carbons (Fsp3) is 0.0175. The summed E-state index contributed by atoms with van der Waals surface area (Å²) in [7, 11) is 0. The Hall–Kier alpha value is -8.44. The Morgan fingerprint density at radius 3 is 1.54 bits per heavy atom. The third kappa shape index (κ3) is 4.85. The van der Waals surface area contributed by atoms with Crippen molar-refractivity contribution >= 4 is 43.6 Å². The lowest BCUT2D eigenvalue weighted by Crippen LogP contribution is -2.28. The van der Waals surface area contributed by atoms with E-state index >= 15 is 0 Å². The number of aromatic nitrogens is 2. The molecular formula is C57H34N4. The van der Waals surface area contributed by atoms with Crippen LogP contribution in [0.5, 0.6) is 0 Å². The number of para-hydroxylation sites is 3. The van der Waals surface area contributed by atoms with Gasteiger partial charge in [-0.1, -0.05) is 152 Å². The van der Waals surface area contributed by atoms with Crippen LogP contribution in [0.1, 0.15) is 33.4 Å². The van der Waals surface area contributed by atoms with Gasteiger partial charge in [-0.05, 0) is 93.5 Å². The third-order valence-corrected chi connectivity index (χ3v) is 12.9. The second-order valence-electron chi connectivity index (χ2n) is 15.9. The minimum absolute atomic E-state index is 0.527. The van der Waals surface area contributed by atoms with Gasteiger partial charge in [0, 0.05) is 27.1 Å². The van der Waals surface area contributed by atoms with Gasteiger partial charge in [-0.25, -0.2) is 0 Å². The number of hydrogen-bond acceptors (Lipinski definition) is 2. The first kappa shape index (κ1) is 34.6. The molecular weight excluding hydrogens is 741 g/mol. The predicted octanol–water partition coefficient (Wildman–Crippen LogP) is 13.7. The zero-order chi connectivity index (χ0) is 40.7. The Kier molecular flexibility index (Phi) is 7.54. The molecule has 11 aromatic rings. The summed E-state index contributed by atoms with van der Waals surface area (Å²) >= 11 is 0. The van der Waals surface area contributed by atoms with Crippen molar-refractivity contribution in [3.8, 4) is 45.8 Å². The molecule has 0 saturated heterocycles. The lowest BCUT2D eigenvalue weighted by atomic mass is 9.67. The van der Waals surface area contributed by atoms with Crippen molar-refractivity contribution in [2.75, 3.05) is 0 Å². The second kappa shape index (κ2) is 13.3. The Morgan fingerprint density at radius 2 is 0.918 bits per heavy atom. The summed E-state index contributed by atoms with van der Waals surface area (Å²) in [6, 6.07) is 77.7. The van der Waals surface area contributed by atoms with Gasteiger partial charge in [0.15, 0.2) is 0 Å². The summed E-state index contributed by atoms with van der Waals surface area (Å²) in [4.78, 5) is 0. The van der Waals surface area contributed by atoms with E-state index in [4.69, 9.17) is 0 Å². The molecule has 0 radical (unpaired) electrons. The highest BCUT2D eigenvalue weighted by Crippen LogP contribution is 2.57. The Bertz CT molecular complexity index is 3580. The molecule has 4 nitrogen and oxygen atoms in total. The van der Waals surface area contributed by atoms with Crippen molar-refractivity contribution in [1.29, 1.82) is 10.5 Å². The molecule has 9 aromatic carbocycles. The average molecular weight is 775 g/mol. The smallest absolute Gasteiger partial charge is 0.101 e. The van der Waals surface area contributed by atoms with Gasteiger partial charge in [0.25, 0.3) is 0 Å². The van der Waals surface area contributed by atoms with Crippen LogP contribution in [0.25, 0.3) is 77.2 Å². The van der Waals surface area contributed by atoms with E-state index in [0.717, 1.165) is 66.1 Å². The molecule has 282 valence electrons. The fourth-order valence-electron chi connectivity index (χ4n) is 10.4. The van der Waals surface area contributed by atoms with Crippen LogP contribution in [-0.4, -0.2) is 9.13 Å². The molecule has 1 aliphatic carbocycles. The van der Waals surface area contributed by atoms with Crippen molar-refractivity contribution < 1.29 is 0 Å². The highest BCUT2D eigenvalue weighted by atomic mass is 15.0. The standard InChI is InChI=1S/C57H34N4/c58-35-37-27-29-42(55(31-37)61-52-24-12-8-20-44(52)45-21-9-13-25-53(45)61)38-28-30-51(39(32-38)36-59)60-54-26-14-10-22-46(54)48-33-50-47(34-56(48)60)43-19-7-11-23-49(43)57(50,40-15-3-1-4-16-40)41-17-5-2-6-18-41/h1-34H. The molecule has 4 heteroatoms. The molecule has 2 heterocycles. The fourth-order valence-corrected chi connectivity index (χ4v) is 10.4. The first-order valence-corrected chi connectivity index (χ1v) is 20.6. The van der Waals surface area contributed by atoms with E-state index in [1.165, 1.54) is 33.4 Å². The van der Waals surface area contributed by atoms with Crippen LogP contribution in [0.2, 0.25) is 0 Å². The summed E-state index contributed by atoms with van der Waals surface area (Å²) in [5.41, 5.74) is 15.7. The molecule has 0 bridgehead atoms. The van der Waals surface area contributed by atoms with E-state index in [-0.39, 0.29) is 0 Å². The summed E-state index contributed by atoms with van der Waals surface area (Å²) in [6.07, 6.45) is 0. The van der Waals surface area contributed by atoms with E-state index in [0.29, 0.717) is 11.1 Å². The molecule has 1 aliphatic rings. The van der Waals surface area contributed by atoms with Crippen molar-refractivity contribution in [2.24, 2.45) is 0 Å². The maximum atomic E-state index is 11.0. The molecule has 0 saturated carbocycles. The molecule has 0 aliphatic heterocycles. The van der Waals surface area contributed by atoms with Gasteiger partial charge in [0.2, 0.25) is 0 Å². The van der Waals surface area contributed by atoms with Gasteiger partial charge in [-0.15, -0.1) is 0 Å². The highest BCUT2D eigenvalue weighted by molar-refractivity contribution is 6.12. The maximum Gasteiger partial charge on any atom is 0.101 e. The van der Waals surface area contributed by atoms with Crippen LogP contribution in [0.15, 0.2) is 206 Å². The van der Waals surface area contributed by atoms with Crippen LogP contribution < -0.4 is 0 Å². The number of nitrogens with zero attached hydrogens (tertiary/aromatic N) is 4. The molecule has 0 N–H and O–H groups in total. The van der Waals surface area contributed by atoms with Crippen LogP contribution >= 0.6 is 0 Å². The lowest BCUT2D eigenvalue weighted by Gasteiger charge is -2.34. The number of fused-ring (bicyclic) bond motifs is 9. The molecule has 0 amide bonds. The monoisotopic (exact) mass is 774 g/mol. The van der Waals surface area contributed by atoms with E-state index in [1.54, 1.807) is 0 Å². The van der Waals surface area contributed by atoms with Crippen LogP contribution in [0.4, 0.5) is 0 Å². The van der Waals surface area contributed by atoms with Crippen LogP contribution in [-0.2, 0) is 5.41 Å². The zero-order valence-corrected chi connectivity index (χ0v) is 32.9. The Labute approximate surface area is 352 Å². The SMILES string of the molecule is N#Cc1ccc(-c2ccc(-n3c4ccccc4c4cc5c(cc43)-c3ccccc3C5(c3ccccc3)c3ccccc3)c(C#N)c2)c(-n2c3ccccc3c3ccccc32)c1. The Morgan fingerprint density at radius 1 is 0.361 bits per heavy atom. The van der Waals surface area contributed by atoms with E-state index < -0.39 is 5.41 Å². The van der Waals surface area contributed by atoms with Crippen molar-refractivity contribution in [3.63, 3.8) is 0 Å². The largest absolute Gasteiger partial charge is 0.309 e. The summed E-state index contributed by atoms with van der Waals surface area (Å²) < 4.78 is 4.52. The van der Waals surface area contributed by atoms with E-state index in [1.807, 2.05) is 24.3 Å². The summed E-state index contributed by atoms with van der Waals surface area (Å²) in [5, 5.41) is 25.7. The number of nitriles is 2. The normalized spacial score (nSPS) is 12.7. The summed E-state index contributed by atoms with van der Waals surface area (Å²) in [6.45, 7) is 0. The molecule has 2 aromatic heterocycles. The molecule has 0 fully saturated rings. The third-order valence-electron chi connectivity index (χ3n) is 12.9. The Balaban J connectivity index is 1.10. The van der Waals surface area contributed by atoms with Gasteiger partial charge >= 0.3 is 0 Å². The summed E-state index contributed by atoms with van der Waals surface area (Å²) in [5.74, 6) is 0. The van der Waals surface area contributed by atoms with Gasteiger partial charge in [0.05, 0.1) is 56.1 Å². The molecule has 61 heavy (non-hydrogen) atoms. The van der Waals surface area contributed by atoms with Gasteiger partial charge in [0.1, 0.15) is 6.07 Å². The molecule has 0 spiro atoms. The topological polar surface area (TPSA) is 57.4 Å². The van der Waals surface area contributed by atoms with Gasteiger partial charge in [-0.3, -0.25) is 0 Å². The zero-order valence-electron chi connectivity index (χ0n) is 32.9. The van der Waals surface area contributed by atoms with Gasteiger partial charge in [-0.2, -0.15) is 10.5 Å². The van der Waals surface area contributed by atoms with Crippen molar-refractivity contribution in [3.05, 3.63) is 240 Å². The predicted molar refractivity (Wildman–Crippen MR) is 247 cm³/mol. The minimum Gasteiger partial charge on any atom is -0.309 e. The number of hydrogen-bond donors (Lipinski definition) is 0. The van der Waals surface area contributed by atoms with Gasteiger partial charge < -0.3 is 9.13 Å². The number of benzene rings is 9. The molecule has 0 atom stereocenters. The molecule has 0 unspecified atom stereocenters. The molecule has 12 rings (SSSR count). The van der Waals surface area contributed by atoms with Crippen LogP contribution in [0, 0.1) is 22.7 Å². The minimum atomic E-state index is -0.527. The first-order chi connectivity index (χ1) is 30.2. The van der Waals surface area contributed by atoms with E-state index in [9.17, 15) is 10.5 Å². The number of rotatable bonds is 5. The maximum absolute atomic E-state index is 11.0. The second-order valence-corrected chi connectivity index (χ2v) is 15.9. The van der Waals surface area contributed by atoms with Crippen molar-refractivity contribution in [2.45, 2.75) is 5.41 Å². The quantitative estimate of drug-likeness (QED) is 0.175. The van der Waals surface area contributed by atoms with Crippen LogP contribution in [0.3, 0.4) is 0 Å². The highest BCUT2D eigenvalue weighted by Gasteiger charge is 2.46. The average Bonchev–Trinajstić information content (AvgIpc) is 3.95.